The van der Waals surface area contributed by atoms with Crippen LogP contribution in [0.5, 0.6) is 0 Å². The van der Waals surface area contributed by atoms with Gasteiger partial charge in [0.25, 0.3) is 0 Å². The summed E-state index contributed by atoms with van der Waals surface area (Å²) >= 11 is 0. The molecule has 13 heavy (non-hydrogen) atoms. The molecule has 0 fully saturated rings. The second-order valence-electron chi connectivity index (χ2n) is 2.82. The van der Waals surface area contributed by atoms with Crippen molar-refractivity contribution < 1.29 is 13.2 Å². The van der Waals surface area contributed by atoms with Crippen molar-refractivity contribution in [2.75, 3.05) is 5.73 Å². The highest BCUT2D eigenvalue weighted by molar-refractivity contribution is 5.43. The van der Waals surface area contributed by atoms with Gasteiger partial charge in [-0.15, -0.1) is 0 Å². The van der Waals surface area contributed by atoms with Crippen LogP contribution in [0.25, 0.3) is 0 Å². The first-order valence-electron chi connectivity index (χ1n) is 3.63. The minimum Gasteiger partial charge on any atom is -0.383 e. The van der Waals surface area contributed by atoms with E-state index < -0.39 is 11.7 Å². The van der Waals surface area contributed by atoms with E-state index in [1.165, 1.54) is 13.8 Å². The van der Waals surface area contributed by atoms with Crippen molar-refractivity contribution in [2.45, 2.75) is 20.0 Å². The van der Waals surface area contributed by atoms with E-state index >= 15 is 0 Å². The fourth-order valence-corrected chi connectivity index (χ4v) is 1.01. The molecule has 0 aliphatic heterocycles. The molecule has 0 aliphatic carbocycles. The lowest BCUT2D eigenvalue weighted by Crippen LogP contribution is -2.10. The van der Waals surface area contributed by atoms with Gasteiger partial charge < -0.3 is 5.73 Å². The van der Waals surface area contributed by atoms with Gasteiger partial charge in [0.15, 0.2) is 0 Å². The molecule has 1 rings (SSSR count). The summed E-state index contributed by atoms with van der Waals surface area (Å²) < 4.78 is 36.8. The van der Waals surface area contributed by atoms with E-state index in [-0.39, 0.29) is 11.5 Å². The van der Waals surface area contributed by atoms with Crippen LogP contribution in [0, 0.1) is 13.8 Å². The number of halogens is 3. The average molecular weight is 190 g/mol. The number of aryl methyl sites for hydroxylation is 2. The van der Waals surface area contributed by atoms with Gasteiger partial charge >= 0.3 is 6.18 Å². The molecule has 1 heterocycles. The number of alkyl halides is 3. The van der Waals surface area contributed by atoms with Crippen LogP contribution in [0.15, 0.2) is 6.07 Å². The topological polar surface area (TPSA) is 38.9 Å². The van der Waals surface area contributed by atoms with Gasteiger partial charge in [-0.05, 0) is 25.5 Å². The van der Waals surface area contributed by atoms with E-state index in [0.29, 0.717) is 5.56 Å². The molecule has 0 unspecified atom stereocenters. The van der Waals surface area contributed by atoms with Gasteiger partial charge in [-0.1, -0.05) is 0 Å². The summed E-state index contributed by atoms with van der Waals surface area (Å²) in [6.07, 6.45) is -4.35. The largest absolute Gasteiger partial charge is 0.418 e. The maximum Gasteiger partial charge on any atom is 0.418 e. The van der Waals surface area contributed by atoms with Crippen molar-refractivity contribution in [3.63, 3.8) is 0 Å². The maximum absolute atomic E-state index is 12.3. The van der Waals surface area contributed by atoms with Crippen molar-refractivity contribution in [3.05, 3.63) is 22.9 Å². The molecule has 0 saturated heterocycles. The SMILES string of the molecule is Cc1cc(C(F)(F)F)c(C)nc1N. The Morgan fingerprint density at radius 3 is 2.31 bits per heavy atom. The lowest BCUT2D eigenvalue weighted by molar-refractivity contribution is -0.138. The third-order valence-electron chi connectivity index (χ3n) is 1.75. The smallest absolute Gasteiger partial charge is 0.383 e. The van der Waals surface area contributed by atoms with Crippen LogP contribution >= 0.6 is 0 Å². The quantitative estimate of drug-likeness (QED) is 0.681. The second-order valence-corrected chi connectivity index (χ2v) is 2.82. The number of anilines is 1. The summed E-state index contributed by atoms with van der Waals surface area (Å²) in [6, 6.07) is 1.01. The summed E-state index contributed by atoms with van der Waals surface area (Å²) in [4.78, 5) is 3.60. The Morgan fingerprint density at radius 2 is 1.85 bits per heavy atom. The standard InChI is InChI=1S/C8H9F3N2/c1-4-3-6(8(9,10)11)5(2)13-7(4)12/h3H,1-2H3,(H2,12,13). The van der Waals surface area contributed by atoms with Crippen LogP contribution in [-0.4, -0.2) is 4.98 Å². The molecule has 0 aliphatic rings. The molecule has 0 atom stereocenters. The molecular weight excluding hydrogens is 181 g/mol. The van der Waals surface area contributed by atoms with Crippen LogP contribution in [0.1, 0.15) is 16.8 Å². The van der Waals surface area contributed by atoms with Gasteiger partial charge in [0.05, 0.1) is 11.3 Å². The Kier molecular flexibility index (Phi) is 2.19. The molecule has 2 nitrogen and oxygen atoms in total. The van der Waals surface area contributed by atoms with Crippen LogP contribution < -0.4 is 5.73 Å². The number of hydrogen-bond acceptors (Lipinski definition) is 2. The van der Waals surface area contributed by atoms with Crippen molar-refractivity contribution in [2.24, 2.45) is 0 Å². The summed E-state index contributed by atoms with van der Waals surface area (Å²) in [5, 5.41) is 0. The number of rotatable bonds is 0. The normalized spacial score (nSPS) is 11.8. The first kappa shape index (κ1) is 9.83. The molecule has 0 spiro atoms. The first-order valence-corrected chi connectivity index (χ1v) is 3.63. The molecule has 1 aromatic rings. The number of nitrogen functional groups attached to an aromatic ring is 1. The van der Waals surface area contributed by atoms with E-state index in [1.54, 1.807) is 0 Å². The molecule has 0 bridgehead atoms. The monoisotopic (exact) mass is 190 g/mol. The van der Waals surface area contributed by atoms with Gasteiger partial charge in [0.1, 0.15) is 5.82 Å². The molecule has 0 aromatic carbocycles. The van der Waals surface area contributed by atoms with Crippen LogP contribution in [0.2, 0.25) is 0 Å². The Morgan fingerprint density at radius 1 is 1.31 bits per heavy atom. The zero-order valence-electron chi connectivity index (χ0n) is 7.24. The predicted molar refractivity (Wildman–Crippen MR) is 43.1 cm³/mol. The number of aromatic nitrogens is 1. The van der Waals surface area contributed by atoms with Gasteiger partial charge in [-0.3, -0.25) is 0 Å². The average Bonchev–Trinajstić information content (AvgIpc) is 1.94. The van der Waals surface area contributed by atoms with Gasteiger partial charge in [0.2, 0.25) is 0 Å². The lowest BCUT2D eigenvalue weighted by Gasteiger charge is -2.11. The lowest BCUT2D eigenvalue weighted by atomic mass is 10.1. The maximum atomic E-state index is 12.3. The van der Waals surface area contributed by atoms with Crippen LogP contribution in [0.3, 0.4) is 0 Å². The fourth-order valence-electron chi connectivity index (χ4n) is 1.01. The molecule has 0 amide bonds. The van der Waals surface area contributed by atoms with Crippen molar-refractivity contribution in [3.8, 4) is 0 Å². The Labute approximate surface area is 73.6 Å². The van der Waals surface area contributed by atoms with E-state index in [2.05, 4.69) is 4.98 Å². The van der Waals surface area contributed by atoms with E-state index in [9.17, 15) is 13.2 Å². The van der Waals surface area contributed by atoms with Crippen molar-refractivity contribution in [1.29, 1.82) is 0 Å². The van der Waals surface area contributed by atoms with E-state index in [1.807, 2.05) is 0 Å². The molecule has 0 radical (unpaired) electrons. The predicted octanol–water partition coefficient (Wildman–Crippen LogP) is 2.30. The highest BCUT2D eigenvalue weighted by atomic mass is 19.4. The molecule has 0 saturated carbocycles. The third-order valence-corrected chi connectivity index (χ3v) is 1.75. The Hall–Kier alpha value is -1.26. The zero-order chi connectivity index (χ0) is 10.2. The summed E-state index contributed by atoms with van der Waals surface area (Å²) in [5.41, 5.74) is 4.89. The fraction of sp³-hybridized carbons (Fsp3) is 0.375. The van der Waals surface area contributed by atoms with E-state index in [4.69, 9.17) is 5.73 Å². The van der Waals surface area contributed by atoms with Gasteiger partial charge in [-0.25, -0.2) is 4.98 Å². The minimum atomic E-state index is -4.35. The molecular formula is C8H9F3N2. The number of hydrogen-bond donors (Lipinski definition) is 1. The van der Waals surface area contributed by atoms with Crippen molar-refractivity contribution >= 4 is 5.82 Å². The molecule has 2 N–H and O–H groups in total. The molecule has 5 heteroatoms. The highest BCUT2D eigenvalue weighted by Gasteiger charge is 2.33. The minimum absolute atomic E-state index is 0.0874. The molecule has 72 valence electrons. The Balaban J connectivity index is 3.32. The second kappa shape index (κ2) is 2.90. The number of nitrogens with two attached hydrogens (primary N) is 1. The zero-order valence-corrected chi connectivity index (χ0v) is 7.24. The van der Waals surface area contributed by atoms with Gasteiger partial charge in [0, 0.05) is 0 Å². The highest BCUT2D eigenvalue weighted by Crippen LogP contribution is 2.32. The molecule has 1 aromatic heterocycles. The van der Waals surface area contributed by atoms with E-state index in [0.717, 1.165) is 6.07 Å². The van der Waals surface area contributed by atoms with Crippen LogP contribution in [-0.2, 0) is 6.18 Å². The number of pyridine rings is 1. The van der Waals surface area contributed by atoms with Gasteiger partial charge in [-0.2, -0.15) is 13.2 Å². The summed E-state index contributed by atoms with van der Waals surface area (Å²) in [6.45, 7) is 2.79. The Bertz CT molecular complexity index is 331. The third kappa shape index (κ3) is 1.91. The first-order chi connectivity index (χ1) is 5.82. The van der Waals surface area contributed by atoms with Crippen molar-refractivity contribution in [1.82, 2.24) is 4.98 Å². The number of nitrogens with zero attached hydrogens (tertiary/aromatic N) is 1. The summed E-state index contributed by atoms with van der Waals surface area (Å²) in [5.74, 6) is 0.144. The summed E-state index contributed by atoms with van der Waals surface area (Å²) in [7, 11) is 0. The van der Waals surface area contributed by atoms with Crippen LogP contribution in [0.4, 0.5) is 19.0 Å².